The van der Waals surface area contributed by atoms with Gasteiger partial charge in [0.2, 0.25) is 5.88 Å². The van der Waals surface area contributed by atoms with E-state index < -0.39 is 0 Å². The van der Waals surface area contributed by atoms with Crippen molar-refractivity contribution in [3.8, 4) is 5.88 Å². The number of urea groups is 1. The molecule has 0 saturated heterocycles. The van der Waals surface area contributed by atoms with E-state index in [4.69, 9.17) is 9.15 Å². The maximum Gasteiger partial charge on any atom is 0.315 e. The number of hydrogen-bond donors (Lipinski definition) is 2. The van der Waals surface area contributed by atoms with Gasteiger partial charge < -0.3 is 19.8 Å². The number of rotatable bonds is 5. The monoisotopic (exact) mass is 355 g/mol. The fraction of sp³-hybridized carbons (Fsp3) is 0.500. The Morgan fingerprint density at radius 1 is 1.19 bits per heavy atom. The average molecular weight is 355 g/mol. The Kier molecular flexibility index (Phi) is 5.09. The summed E-state index contributed by atoms with van der Waals surface area (Å²) in [4.78, 5) is 16.6. The lowest BCUT2D eigenvalue weighted by atomic mass is 9.93. The number of nitrogens with one attached hydrogen (secondary N) is 2. The second-order valence-corrected chi connectivity index (χ2v) is 7.10. The minimum atomic E-state index is -0.171. The van der Waals surface area contributed by atoms with Crippen LogP contribution in [0.3, 0.4) is 0 Å². The smallest absolute Gasteiger partial charge is 0.315 e. The first kappa shape index (κ1) is 16.9. The van der Waals surface area contributed by atoms with E-state index in [2.05, 4.69) is 15.6 Å². The Bertz CT molecular complexity index is 735. The van der Waals surface area contributed by atoms with Gasteiger partial charge in [0, 0.05) is 30.8 Å². The molecule has 0 spiro atoms. The largest absolute Gasteiger partial charge is 0.474 e. The number of pyridine rings is 1. The lowest BCUT2D eigenvalue weighted by Crippen LogP contribution is -2.38. The van der Waals surface area contributed by atoms with Crippen LogP contribution >= 0.6 is 0 Å². The number of nitrogens with zero attached hydrogens (tertiary/aromatic N) is 1. The van der Waals surface area contributed by atoms with Crippen LogP contribution in [0.1, 0.15) is 61.5 Å². The topological polar surface area (TPSA) is 76.4 Å². The summed E-state index contributed by atoms with van der Waals surface area (Å²) >= 11 is 0. The Labute approximate surface area is 153 Å². The highest BCUT2D eigenvalue weighted by atomic mass is 16.5. The van der Waals surface area contributed by atoms with Gasteiger partial charge in [-0.1, -0.05) is 6.07 Å². The first-order valence-electron chi connectivity index (χ1n) is 9.50. The zero-order valence-electron chi connectivity index (χ0n) is 14.9. The lowest BCUT2D eigenvalue weighted by Gasteiger charge is -2.22. The molecule has 2 amide bonds. The Morgan fingerprint density at radius 2 is 2.08 bits per heavy atom. The van der Waals surface area contributed by atoms with Crippen molar-refractivity contribution in [2.24, 2.45) is 0 Å². The average Bonchev–Trinajstić information content (AvgIpc) is 3.33. The number of aromatic nitrogens is 1. The first-order valence-corrected chi connectivity index (χ1v) is 9.50. The highest BCUT2D eigenvalue weighted by Gasteiger charge is 2.23. The predicted octanol–water partition coefficient (Wildman–Crippen LogP) is 3.87. The third-order valence-corrected chi connectivity index (χ3v) is 5.20. The number of amides is 2. The van der Waals surface area contributed by atoms with E-state index >= 15 is 0 Å². The molecule has 2 aromatic rings. The predicted molar refractivity (Wildman–Crippen MR) is 96.9 cm³/mol. The van der Waals surface area contributed by atoms with E-state index in [1.54, 1.807) is 12.5 Å². The van der Waals surface area contributed by atoms with E-state index in [9.17, 15) is 4.79 Å². The molecule has 2 aliphatic rings. The molecule has 0 aromatic carbocycles. The first-order chi connectivity index (χ1) is 12.8. The molecular weight excluding hydrogens is 330 g/mol. The number of aryl methyl sites for hydroxylation is 1. The van der Waals surface area contributed by atoms with Gasteiger partial charge >= 0.3 is 6.03 Å². The second-order valence-electron chi connectivity index (χ2n) is 7.10. The summed E-state index contributed by atoms with van der Waals surface area (Å²) < 4.78 is 11.3. The van der Waals surface area contributed by atoms with Crippen molar-refractivity contribution in [3.05, 3.63) is 47.5 Å². The van der Waals surface area contributed by atoms with Gasteiger partial charge in [-0.05, 0) is 50.2 Å². The van der Waals surface area contributed by atoms with Crippen molar-refractivity contribution in [2.75, 3.05) is 0 Å². The molecule has 26 heavy (non-hydrogen) atoms. The fourth-order valence-corrected chi connectivity index (χ4v) is 3.79. The summed E-state index contributed by atoms with van der Waals surface area (Å²) in [6.45, 7) is 0.438. The van der Waals surface area contributed by atoms with Gasteiger partial charge in [0.05, 0.1) is 12.3 Å². The van der Waals surface area contributed by atoms with Crippen LogP contribution in [0.5, 0.6) is 5.88 Å². The SMILES string of the molecule is O=C(NCc1ccc(OC2CCCC2)nc1)NC1CCCc2occc21. The molecular formula is C20H25N3O3. The number of ether oxygens (including phenoxy) is 1. The zero-order chi connectivity index (χ0) is 17.8. The number of furan rings is 1. The van der Waals surface area contributed by atoms with Crippen molar-refractivity contribution in [3.63, 3.8) is 0 Å². The molecule has 0 bridgehead atoms. The van der Waals surface area contributed by atoms with Gasteiger partial charge in [-0.15, -0.1) is 0 Å². The van der Waals surface area contributed by atoms with Crippen LogP contribution < -0.4 is 15.4 Å². The van der Waals surface area contributed by atoms with Gasteiger partial charge in [0.1, 0.15) is 11.9 Å². The fourth-order valence-electron chi connectivity index (χ4n) is 3.79. The lowest BCUT2D eigenvalue weighted by molar-refractivity contribution is 0.201. The summed E-state index contributed by atoms with van der Waals surface area (Å²) in [6.07, 6.45) is 11.4. The van der Waals surface area contributed by atoms with Gasteiger partial charge in [-0.3, -0.25) is 0 Å². The maximum atomic E-state index is 12.2. The summed E-state index contributed by atoms with van der Waals surface area (Å²) in [7, 11) is 0. The molecule has 1 fully saturated rings. The molecule has 6 heteroatoms. The molecule has 138 valence electrons. The van der Waals surface area contributed by atoms with E-state index in [0.29, 0.717) is 18.5 Å². The van der Waals surface area contributed by atoms with Crippen LogP contribution in [0.4, 0.5) is 4.79 Å². The highest BCUT2D eigenvalue weighted by Crippen LogP contribution is 2.30. The number of carbonyl (C=O) groups is 1. The number of carbonyl (C=O) groups excluding carboxylic acids is 1. The van der Waals surface area contributed by atoms with Crippen molar-refractivity contribution < 1.29 is 13.9 Å². The Hall–Kier alpha value is -2.50. The third-order valence-electron chi connectivity index (χ3n) is 5.20. The molecule has 2 N–H and O–H groups in total. The van der Waals surface area contributed by atoms with Crippen molar-refractivity contribution in [2.45, 2.75) is 63.6 Å². The third kappa shape index (κ3) is 4.00. The van der Waals surface area contributed by atoms with Crippen LogP contribution in [0.15, 0.2) is 35.1 Å². The minimum absolute atomic E-state index is 0.0258. The molecule has 6 nitrogen and oxygen atoms in total. The molecule has 1 atom stereocenters. The molecule has 2 aliphatic carbocycles. The van der Waals surface area contributed by atoms with Crippen molar-refractivity contribution >= 4 is 6.03 Å². The Balaban J connectivity index is 1.25. The highest BCUT2D eigenvalue weighted by molar-refractivity contribution is 5.74. The molecule has 1 saturated carbocycles. The van der Waals surface area contributed by atoms with Crippen LogP contribution in [-0.2, 0) is 13.0 Å². The molecule has 0 aliphatic heterocycles. The molecule has 2 heterocycles. The molecule has 0 radical (unpaired) electrons. The quantitative estimate of drug-likeness (QED) is 0.853. The van der Waals surface area contributed by atoms with E-state index in [1.807, 2.05) is 18.2 Å². The summed E-state index contributed by atoms with van der Waals surface area (Å²) in [5.41, 5.74) is 2.05. The number of fused-ring (bicyclic) bond motifs is 1. The Morgan fingerprint density at radius 3 is 2.88 bits per heavy atom. The van der Waals surface area contributed by atoms with Crippen molar-refractivity contribution in [1.82, 2.24) is 15.6 Å². The van der Waals surface area contributed by atoms with Crippen LogP contribution in [0.2, 0.25) is 0 Å². The van der Waals surface area contributed by atoms with E-state index in [0.717, 1.165) is 49.0 Å². The zero-order valence-corrected chi connectivity index (χ0v) is 14.9. The van der Waals surface area contributed by atoms with Crippen LogP contribution in [0.25, 0.3) is 0 Å². The van der Waals surface area contributed by atoms with Crippen LogP contribution in [-0.4, -0.2) is 17.1 Å². The summed E-state index contributed by atoms with van der Waals surface area (Å²) in [6, 6.07) is 5.64. The molecule has 4 rings (SSSR count). The normalized spacial score (nSPS) is 19.8. The summed E-state index contributed by atoms with van der Waals surface area (Å²) in [5, 5.41) is 5.94. The summed E-state index contributed by atoms with van der Waals surface area (Å²) in [5.74, 6) is 1.66. The van der Waals surface area contributed by atoms with Crippen molar-refractivity contribution in [1.29, 1.82) is 0 Å². The van der Waals surface area contributed by atoms with Gasteiger partial charge in [-0.2, -0.15) is 0 Å². The van der Waals surface area contributed by atoms with E-state index in [-0.39, 0.29) is 12.1 Å². The van der Waals surface area contributed by atoms with Gasteiger partial charge in [0.25, 0.3) is 0 Å². The van der Waals surface area contributed by atoms with Crippen LogP contribution in [0, 0.1) is 0 Å². The number of hydrogen-bond acceptors (Lipinski definition) is 4. The second kappa shape index (κ2) is 7.81. The van der Waals surface area contributed by atoms with Gasteiger partial charge in [-0.25, -0.2) is 9.78 Å². The molecule has 1 unspecified atom stereocenters. The molecule has 2 aromatic heterocycles. The standard InChI is InChI=1S/C20H25N3O3/c24-20(23-17-6-3-7-18-16(17)10-11-25-18)22-13-14-8-9-19(21-12-14)26-15-4-1-2-5-15/h8-12,15,17H,1-7,13H2,(H2,22,23,24). The van der Waals surface area contributed by atoms with Gasteiger partial charge in [0.15, 0.2) is 0 Å². The van der Waals surface area contributed by atoms with E-state index in [1.165, 1.54) is 12.8 Å². The minimum Gasteiger partial charge on any atom is -0.474 e. The maximum absolute atomic E-state index is 12.2.